The molecule has 0 aliphatic heterocycles. The van der Waals surface area contributed by atoms with Gasteiger partial charge in [-0.25, -0.2) is 0 Å². The van der Waals surface area contributed by atoms with Crippen molar-refractivity contribution in [3.05, 3.63) is 22.2 Å². The van der Waals surface area contributed by atoms with Crippen LogP contribution in [-0.2, 0) is 0 Å². The molecule has 0 aliphatic rings. The van der Waals surface area contributed by atoms with Gasteiger partial charge in [-0.15, -0.1) is 0 Å². The average Bonchev–Trinajstić information content (AvgIpc) is 2.19. The number of benzene rings is 1. The van der Waals surface area contributed by atoms with Crippen molar-refractivity contribution in [2.24, 2.45) is 0 Å². The second-order valence-corrected chi connectivity index (χ2v) is 4.57. The fourth-order valence-corrected chi connectivity index (χ4v) is 1.73. The van der Waals surface area contributed by atoms with Crippen LogP contribution < -0.4 is 9.47 Å². The topological polar surface area (TPSA) is 18.5 Å². The minimum absolute atomic E-state index is 0.0441. The van der Waals surface area contributed by atoms with Gasteiger partial charge in [-0.1, -0.05) is 30.1 Å². The van der Waals surface area contributed by atoms with Gasteiger partial charge >= 0.3 is 0 Å². The van der Waals surface area contributed by atoms with Crippen LogP contribution in [-0.4, -0.2) is 12.7 Å². The van der Waals surface area contributed by atoms with E-state index in [1.54, 1.807) is 12.1 Å². The molecule has 1 rings (SSSR count). The van der Waals surface area contributed by atoms with Gasteiger partial charge in [0.05, 0.1) is 17.7 Å². The Morgan fingerprint density at radius 3 is 2.50 bits per heavy atom. The van der Waals surface area contributed by atoms with Crippen molar-refractivity contribution in [3.63, 3.8) is 0 Å². The summed E-state index contributed by atoms with van der Waals surface area (Å²) in [5.74, 6) is 1.17. The van der Waals surface area contributed by atoms with Gasteiger partial charge < -0.3 is 9.47 Å². The van der Waals surface area contributed by atoms with Gasteiger partial charge in [-0.3, -0.25) is 0 Å². The second-order valence-electron chi connectivity index (χ2n) is 3.73. The first-order valence-corrected chi connectivity index (χ1v) is 6.08. The van der Waals surface area contributed by atoms with Crippen LogP contribution >= 0.6 is 23.2 Å². The molecule has 4 heteroatoms. The first-order valence-electron chi connectivity index (χ1n) is 5.33. The molecule has 0 aromatic heterocycles. The molecule has 0 bridgehead atoms. The van der Waals surface area contributed by atoms with Crippen molar-refractivity contribution >= 4 is 23.2 Å². The Kier molecular flexibility index (Phi) is 5.23. The van der Waals surface area contributed by atoms with E-state index in [1.165, 1.54) is 0 Å². The van der Waals surface area contributed by atoms with Gasteiger partial charge in [0.1, 0.15) is 0 Å². The van der Waals surface area contributed by atoms with Crippen LogP contribution in [0.1, 0.15) is 27.2 Å². The lowest BCUT2D eigenvalue weighted by Gasteiger charge is -2.16. The van der Waals surface area contributed by atoms with Crippen LogP contribution in [0.4, 0.5) is 0 Å². The monoisotopic (exact) mass is 262 g/mol. The first-order chi connectivity index (χ1) is 7.54. The third-order valence-corrected chi connectivity index (χ3v) is 2.29. The van der Waals surface area contributed by atoms with Crippen LogP contribution in [0.2, 0.25) is 10.0 Å². The Labute approximate surface area is 106 Å². The van der Waals surface area contributed by atoms with E-state index in [9.17, 15) is 0 Å². The molecule has 0 saturated heterocycles. The highest BCUT2D eigenvalue weighted by Gasteiger charge is 2.13. The standard InChI is InChI=1S/C12H16Cl2O2/c1-4-5-15-11-7-9(13)6-10(14)12(11)16-8(2)3/h6-8H,4-5H2,1-3H3. The van der Waals surface area contributed by atoms with E-state index in [4.69, 9.17) is 32.7 Å². The zero-order chi connectivity index (χ0) is 12.1. The number of ether oxygens (including phenoxy) is 2. The van der Waals surface area contributed by atoms with Crippen molar-refractivity contribution in [1.29, 1.82) is 0 Å². The molecule has 0 amide bonds. The first kappa shape index (κ1) is 13.5. The normalized spacial score (nSPS) is 10.6. The molecule has 0 N–H and O–H groups in total. The Bertz CT molecular complexity index is 351. The van der Waals surface area contributed by atoms with E-state index in [1.807, 2.05) is 20.8 Å². The molecular weight excluding hydrogens is 247 g/mol. The predicted molar refractivity (Wildman–Crippen MR) is 68.0 cm³/mol. The van der Waals surface area contributed by atoms with E-state index in [2.05, 4.69) is 0 Å². The van der Waals surface area contributed by atoms with Gasteiger partial charge in [0, 0.05) is 11.1 Å². The second kappa shape index (κ2) is 6.21. The van der Waals surface area contributed by atoms with Crippen molar-refractivity contribution in [3.8, 4) is 11.5 Å². The molecule has 16 heavy (non-hydrogen) atoms. The highest BCUT2D eigenvalue weighted by atomic mass is 35.5. The fourth-order valence-electron chi connectivity index (χ4n) is 1.21. The lowest BCUT2D eigenvalue weighted by atomic mass is 10.3. The summed E-state index contributed by atoms with van der Waals surface area (Å²) in [6.45, 7) is 6.53. The number of hydrogen-bond acceptors (Lipinski definition) is 2. The van der Waals surface area contributed by atoms with Crippen molar-refractivity contribution < 1.29 is 9.47 Å². The van der Waals surface area contributed by atoms with Crippen molar-refractivity contribution in [2.45, 2.75) is 33.3 Å². The molecule has 0 fully saturated rings. The number of rotatable bonds is 5. The third-order valence-electron chi connectivity index (χ3n) is 1.79. The van der Waals surface area contributed by atoms with Crippen LogP contribution in [0.15, 0.2) is 12.1 Å². The maximum atomic E-state index is 6.07. The third kappa shape index (κ3) is 3.76. The largest absolute Gasteiger partial charge is 0.490 e. The summed E-state index contributed by atoms with van der Waals surface area (Å²) in [5, 5.41) is 1.03. The summed E-state index contributed by atoms with van der Waals surface area (Å²) in [4.78, 5) is 0. The molecule has 1 aromatic carbocycles. The van der Waals surface area contributed by atoms with Crippen molar-refractivity contribution in [2.75, 3.05) is 6.61 Å². The molecular formula is C12H16Cl2O2. The SMILES string of the molecule is CCCOc1cc(Cl)cc(Cl)c1OC(C)C. The molecule has 0 unspecified atom stereocenters. The maximum absolute atomic E-state index is 6.07. The van der Waals surface area contributed by atoms with E-state index in [0.29, 0.717) is 28.2 Å². The number of hydrogen-bond donors (Lipinski definition) is 0. The lowest BCUT2D eigenvalue weighted by Crippen LogP contribution is -2.08. The van der Waals surface area contributed by atoms with E-state index in [-0.39, 0.29) is 6.10 Å². The number of halogens is 2. The lowest BCUT2D eigenvalue weighted by molar-refractivity contribution is 0.221. The predicted octanol–water partition coefficient (Wildman–Crippen LogP) is 4.57. The molecule has 1 aromatic rings. The fraction of sp³-hybridized carbons (Fsp3) is 0.500. The van der Waals surface area contributed by atoms with Crippen LogP contribution in [0.25, 0.3) is 0 Å². The summed E-state index contributed by atoms with van der Waals surface area (Å²) in [6.07, 6.45) is 0.966. The van der Waals surface area contributed by atoms with Crippen LogP contribution in [0.5, 0.6) is 11.5 Å². The average molecular weight is 263 g/mol. The summed E-state index contributed by atoms with van der Waals surface area (Å²) in [6, 6.07) is 3.38. The molecule has 0 spiro atoms. The Hall–Kier alpha value is -0.600. The zero-order valence-electron chi connectivity index (χ0n) is 9.72. The molecule has 90 valence electrons. The van der Waals surface area contributed by atoms with E-state index in [0.717, 1.165) is 6.42 Å². The summed E-state index contributed by atoms with van der Waals surface area (Å²) < 4.78 is 11.2. The Morgan fingerprint density at radius 1 is 1.25 bits per heavy atom. The molecule has 0 heterocycles. The Morgan fingerprint density at radius 2 is 1.94 bits per heavy atom. The van der Waals surface area contributed by atoms with Gasteiger partial charge in [0.25, 0.3) is 0 Å². The van der Waals surface area contributed by atoms with Crippen molar-refractivity contribution in [1.82, 2.24) is 0 Å². The van der Waals surface area contributed by atoms with Crippen LogP contribution in [0, 0.1) is 0 Å². The smallest absolute Gasteiger partial charge is 0.180 e. The van der Waals surface area contributed by atoms with Gasteiger partial charge in [0.2, 0.25) is 0 Å². The summed E-state index contributed by atoms with van der Waals surface area (Å²) >= 11 is 12.0. The summed E-state index contributed by atoms with van der Waals surface area (Å²) in [7, 11) is 0. The summed E-state index contributed by atoms with van der Waals surface area (Å²) in [5.41, 5.74) is 0. The van der Waals surface area contributed by atoms with Crippen LogP contribution in [0.3, 0.4) is 0 Å². The minimum Gasteiger partial charge on any atom is -0.490 e. The molecule has 0 aliphatic carbocycles. The zero-order valence-corrected chi connectivity index (χ0v) is 11.2. The van der Waals surface area contributed by atoms with E-state index < -0.39 is 0 Å². The van der Waals surface area contributed by atoms with Gasteiger partial charge in [-0.05, 0) is 26.3 Å². The highest BCUT2D eigenvalue weighted by Crippen LogP contribution is 2.38. The molecule has 0 atom stereocenters. The molecule has 0 radical (unpaired) electrons. The molecule has 0 saturated carbocycles. The highest BCUT2D eigenvalue weighted by molar-refractivity contribution is 6.35. The van der Waals surface area contributed by atoms with E-state index >= 15 is 0 Å². The molecule has 2 nitrogen and oxygen atoms in total. The Balaban J connectivity index is 3.00. The quantitative estimate of drug-likeness (QED) is 0.774. The minimum atomic E-state index is 0.0441. The maximum Gasteiger partial charge on any atom is 0.180 e. The van der Waals surface area contributed by atoms with Gasteiger partial charge in [-0.2, -0.15) is 0 Å². The van der Waals surface area contributed by atoms with Gasteiger partial charge in [0.15, 0.2) is 11.5 Å².